The standard InChI is InChI=1S/C12H18N4O3/c1-8(2)10-11(16(18)19)12(14(3)13-10)15-6-4-5-9(17)7-15/h8H,4-7H2,1-3H3. The number of rotatable bonds is 3. The van der Waals surface area contributed by atoms with E-state index < -0.39 is 4.92 Å². The first-order valence-corrected chi connectivity index (χ1v) is 6.39. The van der Waals surface area contributed by atoms with Gasteiger partial charge in [0.25, 0.3) is 0 Å². The molecule has 1 saturated heterocycles. The molecule has 7 nitrogen and oxygen atoms in total. The highest BCUT2D eigenvalue weighted by Crippen LogP contribution is 2.36. The predicted molar refractivity (Wildman–Crippen MR) is 70.4 cm³/mol. The second-order valence-corrected chi connectivity index (χ2v) is 5.16. The summed E-state index contributed by atoms with van der Waals surface area (Å²) in [6.07, 6.45) is 1.29. The van der Waals surface area contributed by atoms with Gasteiger partial charge in [-0.15, -0.1) is 0 Å². The minimum atomic E-state index is -0.392. The molecule has 19 heavy (non-hydrogen) atoms. The molecule has 1 aliphatic heterocycles. The molecule has 1 aromatic heterocycles. The third-order valence-corrected chi connectivity index (χ3v) is 3.30. The van der Waals surface area contributed by atoms with Crippen LogP contribution in [0, 0.1) is 10.1 Å². The number of carbonyl (C=O) groups excluding carboxylic acids is 1. The summed E-state index contributed by atoms with van der Waals surface area (Å²) in [5.41, 5.74) is 0.507. The molecule has 0 N–H and O–H groups in total. The quantitative estimate of drug-likeness (QED) is 0.613. The fourth-order valence-corrected chi connectivity index (χ4v) is 2.46. The summed E-state index contributed by atoms with van der Waals surface area (Å²) in [5.74, 6) is 0.537. The van der Waals surface area contributed by atoms with Gasteiger partial charge in [-0.1, -0.05) is 13.8 Å². The van der Waals surface area contributed by atoms with Crippen LogP contribution >= 0.6 is 0 Å². The van der Waals surface area contributed by atoms with Crippen molar-refractivity contribution in [3.63, 3.8) is 0 Å². The number of nitrogens with zero attached hydrogens (tertiary/aromatic N) is 4. The van der Waals surface area contributed by atoms with E-state index in [0.29, 0.717) is 24.5 Å². The highest BCUT2D eigenvalue weighted by atomic mass is 16.6. The Morgan fingerprint density at radius 1 is 1.42 bits per heavy atom. The first-order chi connectivity index (χ1) is 8.91. The summed E-state index contributed by atoms with van der Waals surface area (Å²) >= 11 is 0. The first-order valence-electron chi connectivity index (χ1n) is 6.39. The van der Waals surface area contributed by atoms with Crippen LogP contribution in [0.15, 0.2) is 0 Å². The Balaban J connectivity index is 2.49. The van der Waals surface area contributed by atoms with Gasteiger partial charge >= 0.3 is 5.69 Å². The molecule has 0 aliphatic carbocycles. The van der Waals surface area contributed by atoms with Gasteiger partial charge in [0, 0.05) is 25.9 Å². The first kappa shape index (κ1) is 13.5. The number of Topliss-reactive ketones (excluding diaryl/α,β-unsaturated/α-hetero) is 1. The second-order valence-electron chi connectivity index (χ2n) is 5.16. The highest BCUT2D eigenvalue weighted by molar-refractivity contribution is 5.85. The summed E-state index contributed by atoms with van der Waals surface area (Å²) in [6, 6.07) is 0. The van der Waals surface area contributed by atoms with Crippen molar-refractivity contribution in [1.82, 2.24) is 9.78 Å². The van der Waals surface area contributed by atoms with Gasteiger partial charge in [0.2, 0.25) is 5.82 Å². The number of nitro groups is 1. The molecule has 0 saturated carbocycles. The molecule has 0 amide bonds. The van der Waals surface area contributed by atoms with Crippen molar-refractivity contribution in [1.29, 1.82) is 0 Å². The molecule has 0 aromatic carbocycles. The predicted octanol–water partition coefficient (Wildman–Crippen LogP) is 1.62. The summed E-state index contributed by atoms with van der Waals surface area (Å²) in [5, 5.41) is 15.6. The number of aryl methyl sites for hydroxylation is 1. The van der Waals surface area contributed by atoms with Gasteiger partial charge in [0.15, 0.2) is 5.78 Å². The molecule has 2 heterocycles. The van der Waals surface area contributed by atoms with Crippen LogP contribution in [-0.4, -0.2) is 33.6 Å². The molecule has 1 aliphatic rings. The highest BCUT2D eigenvalue weighted by Gasteiger charge is 2.33. The van der Waals surface area contributed by atoms with E-state index in [1.807, 2.05) is 13.8 Å². The maximum absolute atomic E-state index is 11.5. The van der Waals surface area contributed by atoms with Crippen LogP contribution in [0.25, 0.3) is 0 Å². The average molecular weight is 266 g/mol. The Morgan fingerprint density at radius 2 is 2.11 bits per heavy atom. The lowest BCUT2D eigenvalue weighted by molar-refractivity contribution is -0.385. The number of hydrogen-bond acceptors (Lipinski definition) is 5. The van der Waals surface area contributed by atoms with Gasteiger partial charge in [-0.2, -0.15) is 5.10 Å². The Labute approximate surface area is 111 Å². The lowest BCUT2D eigenvalue weighted by atomic mass is 10.1. The lowest BCUT2D eigenvalue weighted by Gasteiger charge is -2.26. The van der Waals surface area contributed by atoms with Crippen LogP contribution in [0.5, 0.6) is 0 Å². The molecule has 0 bridgehead atoms. The van der Waals surface area contributed by atoms with Gasteiger partial charge in [-0.25, -0.2) is 4.68 Å². The van der Waals surface area contributed by atoms with Crippen LogP contribution in [-0.2, 0) is 11.8 Å². The van der Waals surface area contributed by atoms with Crippen LogP contribution < -0.4 is 4.90 Å². The van der Waals surface area contributed by atoms with Crippen molar-refractivity contribution in [3.05, 3.63) is 15.8 Å². The van der Waals surface area contributed by atoms with E-state index in [-0.39, 0.29) is 23.9 Å². The monoisotopic (exact) mass is 266 g/mol. The van der Waals surface area contributed by atoms with Crippen molar-refractivity contribution in [2.24, 2.45) is 7.05 Å². The summed E-state index contributed by atoms with van der Waals surface area (Å²) < 4.78 is 1.52. The minimum Gasteiger partial charge on any atom is -0.344 e. The largest absolute Gasteiger partial charge is 0.344 e. The molecule has 0 spiro atoms. The number of anilines is 1. The van der Waals surface area contributed by atoms with Gasteiger partial charge in [-0.05, 0) is 6.42 Å². The molecule has 0 atom stereocenters. The summed E-state index contributed by atoms with van der Waals surface area (Å²) in [4.78, 5) is 24.2. The van der Waals surface area contributed by atoms with E-state index in [4.69, 9.17) is 0 Å². The van der Waals surface area contributed by atoms with E-state index in [0.717, 1.165) is 6.42 Å². The summed E-state index contributed by atoms with van der Waals surface area (Å²) in [7, 11) is 1.69. The van der Waals surface area contributed by atoms with Gasteiger partial charge < -0.3 is 4.90 Å². The van der Waals surface area contributed by atoms with E-state index in [1.54, 1.807) is 11.9 Å². The fraction of sp³-hybridized carbons (Fsp3) is 0.667. The van der Waals surface area contributed by atoms with Crippen molar-refractivity contribution in [3.8, 4) is 0 Å². The van der Waals surface area contributed by atoms with E-state index in [9.17, 15) is 14.9 Å². The third-order valence-electron chi connectivity index (χ3n) is 3.30. The topological polar surface area (TPSA) is 81.3 Å². The number of hydrogen-bond donors (Lipinski definition) is 0. The minimum absolute atomic E-state index is 0.0270. The summed E-state index contributed by atoms with van der Waals surface area (Å²) in [6.45, 7) is 4.64. The molecule has 1 fully saturated rings. The van der Waals surface area contributed by atoms with E-state index in [2.05, 4.69) is 5.10 Å². The van der Waals surface area contributed by atoms with Crippen LogP contribution in [0.4, 0.5) is 11.5 Å². The number of aromatic nitrogens is 2. The van der Waals surface area contributed by atoms with Crippen molar-refractivity contribution in [2.75, 3.05) is 18.0 Å². The van der Waals surface area contributed by atoms with Crippen molar-refractivity contribution < 1.29 is 9.72 Å². The van der Waals surface area contributed by atoms with E-state index in [1.165, 1.54) is 4.68 Å². The zero-order valence-electron chi connectivity index (χ0n) is 11.4. The molecular formula is C12H18N4O3. The second kappa shape index (κ2) is 4.99. The Morgan fingerprint density at radius 3 is 2.63 bits per heavy atom. The van der Waals surface area contributed by atoms with Gasteiger partial charge in [0.05, 0.1) is 11.5 Å². The Kier molecular flexibility index (Phi) is 3.55. The Bertz CT molecular complexity index is 521. The molecule has 1 aromatic rings. The fourth-order valence-electron chi connectivity index (χ4n) is 2.46. The normalized spacial score (nSPS) is 16.2. The van der Waals surface area contributed by atoms with Crippen molar-refractivity contribution >= 4 is 17.3 Å². The molecule has 104 valence electrons. The maximum Gasteiger partial charge on any atom is 0.334 e. The smallest absolute Gasteiger partial charge is 0.334 e. The maximum atomic E-state index is 11.5. The Hall–Kier alpha value is -1.92. The van der Waals surface area contributed by atoms with Crippen LogP contribution in [0.2, 0.25) is 0 Å². The van der Waals surface area contributed by atoms with Gasteiger partial charge in [-0.3, -0.25) is 14.9 Å². The average Bonchev–Trinajstić information content (AvgIpc) is 2.67. The zero-order chi connectivity index (χ0) is 14.2. The third kappa shape index (κ3) is 2.45. The lowest BCUT2D eigenvalue weighted by Crippen LogP contribution is -2.37. The molecule has 0 radical (unpaired) electrons. The molecule has 7 heteroatoms. The number of carbonyl (C=O) groups is 1. The van der Waals surface area contributed by atoms with Crippen molar-refractivity contribution in [2.45, 2.75) is 32.6 Å². The molecule has 0 unspecified atom stereocenters. The number of ketones is 1. The van der Waals surface area contributed by atoms with Gasteiger partial charge in [0.1, 0.15) is 5.69 Å². The van der Waals surface area contributed by atoms with Crippen LogP contribution in [0.3, 0.4) is 0 Å². The number of piperidine rings is 1. The van der Waals surface area contributed by atoms with Crippen LogP contribution in [0.1, 0.15) is 38.3 Å². The van der Waals surface area contributed by atoms with E-state index >= 15 is 0 Å². The SMILES string of the molecule is CC(C)c1nn(C)c(N2CCCC(=O)C2)c1[N+](=O)[O-]. The molecule has 2 rings (SSSR count). The molecular weight excluding hydrogens is 248 g/mol. The zero-order valence-corrected chi connectivity index (χ0v) is 11.4.